The maximum Gasteiger partial charge on any atom is 0.245 e. The number of amides is 1. The molecule has 3 aromatic rings. The minimum absolute atomic E-state index is 0.0178. The first kappa shape index (κ1) is 13.3. The van der Waals surface area contributed by atoms with Gasteiger partial charge in [-0.15, -0.1) is 0 Å². The lowest BCUT2D eigenvalue weighted by Crippen LogP contribution is -2.31. The minimum atomic E-state index is -0.0178. The molecule has 22 heavy (non-hydrogen) atoms. The molecule has 0 saturated heterocycles. The van der Waals surface area contributed by atoms with Gasteiger partial charge in [0.05, 0.1) is 16.8 Å². The van der Waals surface area contributed by atoms with E-state index in [0.717, 1.165) is 23.2 Å². The van der Waals surface area contributed by atoms with Gasteiger partial charge in [-0.05, 0) is 30.2 Å². The normalized spacial score (nSPS) is 13.4. The summed E-state index contributed by atoms with van der Waals surface area (Å²) in [7, 11) is 0. The van der Waals surface area contributed by atoms with E-state index in [-0.39, 0.29) is 5.91 Å². The van der Waals surface area contributed by atoms with Gasteiger partial charge in [-0.2, -0.15) is 0 Å². The smallest absolute Gasteiger partial charge is 0.245 e. The zero-order valence-corrected chi connectivity index (χ0v) is 12.8. The number of nitrogens with one attached hydrogen (secondary N) is 1. The monoisotopic (exact) mass is 309 g/mol. The molecular weight excluding hydrogens is 294 g/mol. The van der Waals surface area contributed by atoms with E-state index < -0.39 is 0 Å². The predicted molar refractivity (Wildman–Crippen MR) is 90.6 cm³/mol. The molecule has 0 unspecified atom stereocenters. The summed E-state index contributed by atoms with van der Waals surface area (Å²) in [5.41, 5.74) is 3.41. The number of para-hydroxylation sites is 2. The van der Waals surface area contributed by atoms with Gasteiger partial charge in [0, 0.05) is 12.2 Å². The fourth-order valence-corrected chi connectivity index (χ4v) is 3.71. The number of hydrogen-bond donors (Lipinski definition) is 1. The highest BCUT2D eigenvalue weighted by Crippen LogP contribution is 2.28. The van der Waals surface area contributed by atoms with Crippen molar-refractivity contribution in [3.8, 4) is 0 Å². The SMILES string of the molecule is O=C(CN1CCc2ccccc21)Nc1nc2ccccc2s1. The van der Waals surface area contributed by atoms with Gasteiger partial charge in [-0.25, -0.2) is 4.98 Å². The van der Waals surface area contributed by atoms with Crippen LogP contribution in [0.25, 0.3) is 10.2 Å². The van der Waals surface area contributed by atoms with Crippen LogP contribution >= 0.6 is 11.3 Å². The number of aromatic nitrogens is 1. The van der Waals surface area contributed by atoms with E-state index in [0.29, 0.717) is 11.7 Å². The van der Waals surface area contributed by atoms with Crippen LogP contribution in [0, 0.1) is 0 Å². The molecule has 4 nitrogen and oxygen atoms in total. The largest absolute Gasteiger partial charge is 0.362 e. The van der Waals surface area contributed by atoms with E-state index >= 15 is 0 Å². The van der Waals surface area contributed by atoms with E-state index in [1.165, 1.54) is 22.6 Å². The third-order valence-corrected chi connectivity index (χ3v) is 4.81. The summed E-state index contributed by atoms with van der Waals surface area (Å²) in [6, 6.07) is 16.2. The number of benzene rings is 2. The summed E-state index contributed by atoms with van der Waals surface area (Å²) in [5.74, 6) is -0.0178. The van der Waals surface area contributed by atoms with E-state index in [2.05, 4.69) is 27.3 Å². The first-order chi connectivity index (χ1) is 10.8. The van der Waals surface area contributed by atoms with Gasteiger partial charge in [-0.1, -0.05) is 41.7 Å². The van der Waals surface area contributed by atoms with E-state index in [4.69, 9.17) is 0 Å². The van der Waals surface area contributed by atoms with Crippen LogP contribution in [0.1, 0.15) is 5.56 Å². The lowest BCUT2D eigenvalue weighted by molar-refractivity contribution is -0.115. The maximum absolute atomic E-state index is 12.3. The molecule has 0 spiro atoms. The van der Waals surface area contributed by atoms with Crippen LogP contribution in [0.2, 0.25) is 0 Å². The summed E-state index contributed by atoms with van der Waals surface area (Å²) in [6.45, 7) is 1.26. The molecule has 1 N–H and O–H groups in total. The Labute approximate surface area is 132 Å². The molecule has 0 atom stereocenters. The number of nitrogens with zero attached hydrogens (tertiary/aromatic N) is 2. The second-order valence-corrected chi connectivity index (χ2v) is 6.37. The fraction of sp³-hybridized carbons (Fsp3) is 0.176. The van der Waals surface area contributed by atoms with Crippen LogP contribution in [-0.2, 0) is 11.2 Å². The van der Waals surface area contributed by atoms with E-state index in [1.54, 1.807) is 0 Å². The Morgan fingerprint density at radius 3 is 2.91 bits per heavy atom. The van der Waals surface area contributed by atoms with Crippen molar-refractivity contribution < 1.29 is 4.79 Å². The van der Waals surface area contributed by atoms with Crippen molar-refractivity contribution in [1.29, 1.82) is 0 Å². The van der Waals surface area contributed by atoms with Crippen molar-refractivity contribution in [1.82, 2.24) is 4.98 Å². The molecular formula is C17H15N3OS. The number of rotatable bonds is 3. The lowest BCUT2D eigenvalue weighted by atomic mass is 10.2. The van der Waals surface area contributed by atoms with E-state index in [1.807, 2.05) is 36.4 Å². The molecule has 0 bridgehead atoms. The average molecular weight is 309 g/mol. The number of anilines is 2. The molecule has 0 radical (unpaired) electrons. The molecule has 1 aromatic heterocycles. The van der Waals surface area contributed by atoms with E-state index in [9.17, 15) is 4.79 Å². The first-order valence-corrected chi connectivity index (χ1v) is 8.09. The lowest BCUT2D eigenvalue weighted by Gasteiger charge is -2.18. The third kappa shape index (κ3) is 2.44. The maximum atomic E-state index is 12.3. The molecule has 4 rings (SSSR count). The highest BCUT2D eigenvalue weighted by molar-refractivity contribution is 7.22. The molecule has 110 valence electrons. The molecule has 1 aliphatic rings. The summed E-state index contributed by atoms with van der Waals surface area (Å²) in [5, 5.41) is 3.58. The van der Waals surface area contributed by atoms with Gasteiger partial charge in [0.1, 0.15) is 0 Å². The van der Waals surface area contributed by atoms with Crippen LogP contribution < -0.4 is 10.2 Å². The van der Waals surface area contributed by atoms with Crippen LogP contribution in [0.15, 0.2) is 48.5 Å². The topological polar surface area (TPSA) is 45.2 Å². The van der Waals surface area contributed by atoms with Gasteiger partial charge in [0.2, 0.25) is 5.91 Å². The average Bonchev–Trinajstić information content (AvgIpc) is 3.11. The summed E-state index contributed by atoms with van der Waals surface area (Å²) < 4.78 is 1.09. The van der Waals surface area contributed by atoms with Gasteiger partial charge in [-0.3, -0.25) is 4.79 Å². The molecule has 0 saturated carbocycles. The molecule has 1 aliphatic heterocycles. The Balaban J connectivity index is 1.47. The zero-order chi connectivity index (χ0) is 14.9. The van der Waals surface area contributed by atoms with Gasteiger partial charge in [0.25, 0.3) is 0 Å². The molecule has 2 heterocycles. The summed E-state index contributed by atoms with van der Waals surface area (Å²) in [6.07, 6.45) is 1.00. The minimum Gasteiger partial charge on any atom is -0.362 e. The van der Waals surface area contributed by atoms with Gasteiger partial charge < -0.3 is 10.2 Å². The first-order valence-electron chi connectivity index (χ1n) is 7.28. The van der Waals surface area contributed by atoms with Crippen LogP contribution in [0.5, 0.6) is 0 Å². The quantitative estimate of drug-likeness (QED) is 0.807. The molecule has 1 amide bonds. The predicted octanol–water partition coefficient (Wildman–Crippen LogP) is 3.30. The Kier molecular flexibility index (Phi) is 3.27. The number of thiazole rings is 1. The van der Waals surface area contributed by atoms with Crippen molar-refractivity contribution in [2.45, 2.75) is 6.42 Å². The molecule has 0 aliphatic carbocycles. The van der Waals surface area contributed by atoms with Crippen LogP contribution in [0.3, 0.4) is 0 Å². The highest BCUT2D eigenvalue weighted by Gasteiger charge is 2.20. The second kappa shape index (κ2) is 5.42. The van der Waals surface area contributed by atoms with Gasteiger partial charge in [0.15, 0.2) is 5.13 Å². The van der Waals surface area contributed by atoms with Crippen molar-refractivity contribution >= 4 is 38.3 Å². The van der Waals surface area contributed by atoms with Crippen LogP contribution in [0.4, 0.5) is 10.8 Å². The van der Waals surface area contributed by atoms with Gasteiger partial charge >= 0.3 is 0 Å². The Hall–Kier alpha value is -2.40. The van der Waals surface area contributed by atoms with Crippen molar-refractivity contribution in [3.05, 3.63) is 54.1 Å². The highest BCUT2D eigenvalue weighted by atomic mass is 32.1. The number of fused-ring (bicyclic) bond motifs is 2. The standard InChI is InChI=1S/C17H15N3OS/c21-16(11-20-10-9-12-5-1-3-7-14(12)20)19-17-18-13-6-2-4-8-15(13)22-17/h1-8H,9-11H2,(H,18,19,21). The Morgan fingerprint density at radius 2 is 2.00 bits per heavy atom. The number of hydrogen-bond acceptors (Lipinski definition) is 4. The Bertz CT molecular complexity index is 810. The van der Waals surface area contributed by atoms with Crippen molar-refractivity contribution in [3.63, 3.8) is 0 Å². The zero-order valence-electron chi connectivity index (χ0n) is 12.0. The molecule has 2 aromatic carbocycles. The molecule has 5 heteroatoms. The third-order valence-electron chi connectivity index (χ3n) is 3.86. The second-order valence-electron chi connectivity index (χ2n) is 5.34. The fourth-order valence-electron chi connectivity index (χ4n) is 2.83. The summed E-state index contributed by atoms with van der Waals surface area (Å²) in [4.78, 5) is 18.8. The Morgan fingerprint density at radius 1 is 1.18 bits per heavy atom. The van der Waals surface area contributed by atoms with Crippen molar-refractivity contribution in [2.75, 3.05) is 23.3 Å². The van der Waals surface area contributed by atoms with Crippen molar-refractivity contribution in [2.24, 2.45) is 0 Å². The summed E-state index contributed by atoms with van der Waals surface area (Å²) >= 11 is 1.51. The molecule has 0 fully saturated rings. The number of carbonyl (C=O) groups is 1. The van der Waals surface area contributed by atoms with Crippen LogP contribution in [-0.4, -0.2) is 24.0 Å². The number of carbonyl (C=O) groups excluding carboxylic acids is 1.